The first-order valence-corrected chi connectivity index (χ1v) is 4.89. The van der Waals surface area contributed by atoms with E-state index in [4.69, 9.17) is 4.74 Å². The quantitative estimate of drug-likeness (QED) is 0.736. The summed E-state index contributed by atoms with van der Waals surface area (Å²) < 4.78 is 9.72. The van der Waals surface area contributed by atoms with Crippen LogP contribution in [0.3, 0.4) is 0 Å². The van der Waals surface area contributed by atoms with Gasteiger partial charge in [0.15, 0.2) is 6.61 Å². The van der Waals surface area contributed by atoms with E-state index in [0.717, 1.165) is 10.8 Å². The summed E-state index contributed by atoms with van der Waals surface area (Å²) in [7, 11) is 1.33. The maximum atomic E-state index is 10.9. The number of hydrogen-bond donors (Lipinski definition) is 0. The minimum atomic E-state index is -0.401. The minimum Gasteiger partial charge on any atom is -0.481 e. The molecule has 0 bridgehead atoms. The van der Waals surface area contributed by atoms with Gasteiger partial charge in [-0.1, -0.05) is 24.3 Å². The highest BCUT2D eigenvalue weighted by Crippen LogP contribution is 2.19. The van der Waals surface area contributed by atoms with Crippen molar-refractivity contribution >= 4 is 16.7 Å². The van der Waals surface area contributed by atoms with Crippen LogP contribution >= 0.6 is 0 Å². The maximum absolute atomic E-state index is 10.9. The van der Waals surface area contributed by atoms with Gasteiger partial charge in [0.2, 0.25) is 0 Å². The van der Waals surface area contributed by atoms with E-state index in [1.807, 2.05) is 36.4 Å². The number of carbonyl (C=O) groups is 1. The molecule has 3 heteroatoms. The standard InChI is InChI=1S/C13H11O3/c1-15-13(14)9-16-12-7-6-10-4-2-3-5-11(10)8-12/h2-6,8H,9H2,1H3. The predicted molar refractivity (Wildman–Crippen MR) is 60.3 cm³/mol. The molecule has 0 fully saturated rings. The lowest BCUT2D eigenvalue weighted by atomic mass is 10.1. The number of esters is 1. The highest BCUT2D eigenvalue weighted by molar-refractivity contribution is 5.83. The van der Waals surface area contributed by atoms with Gasteiger partial charge in [-0.05, 0) is 22.9 Å². The largest absolute Gasteiger partial charge is 0.481 e. The highest BCUT2D eigenvalue weighted by atomic mass is 16.6. The van der Waals surface area contributed by atoms with Gasteiger partial charge >= 0.3 is 5.97 Å². The molecule has 0 aliphatic heterocycles. The normalized spacial score (nSPS) is 10.1. The summed E-state index contributed by atoms with van der Waals surface area (Å²) in [5, 5.41) is 2.15. The average Bonchev–Trinajstić information content (AvgIpc) is 2.35. The molecule has 0 aliphatic carbocycles. The molecule has 2 aromatic rings. The van der Waals surface area contributed by atoms with Crippen molar-refractivity contribution in [2.24, 2.45) is 0 Å². The summed E-state index contributed by atoms with van der Waals surface area (Å²) in [6.07, 6.45) is 0. The van der Waals surface area contributed by atoms with Crippen LogP contribution in [0.5, 0.6) is 5.75 Å². The molecule has 0 aliphatic rings. The number of rotatable bonds is 3. The van der Waals surface area contributed by atoms with E-state index < -0.39 is 5.97 Å². The van der Waals surface area contributed by atoms with Crippen molar-refractivity contribution in [2.75, 3.05) is 13.7 Å². The summed E-state index contributed by atoms with van der Waals surface area (Å²) in [5.74, 6) is 0.144. The number of methoxy groups -OCH3 is 1. The van der Waals surface area contributed by atoms with Crippen LogP contribution in [0.15, 0.2) is 36.4 Å². The number of ether oxygens (including phenoxy) is 2. The number of benzene rings is 2. The fraction of sp³-hybridized carbons (Fsp3) is 0.154. The second-order valence-electron chi connectivity index (χ2n) is 3.29. The Morgan fingerprint density at radius 2 is 2.06 bits per heavy atom. The molecule has 1 radical (unpaired) electrons. The Bertz CT molecular complexity index is 505. The molecule has 0 amide bonds. The zero-order valence-corrected chi connectivity index (χ0v) is 8.90. The topological polar surface area (TPSA) is 35.5 Å². The third kappa shape index (κ3) is 2.31. The molecule has 81 valence electrons. The molecule has 2 aromatic carbocycles. The lowest BCUT2D eigenvalue weighted by Crippen LogP contribution is -2.12. The Labute approximate surface area is 93.6 Å². The lowest BCUT2D eigenvalue weighted by molar-refractivity contribution is -0.142. The first kappa shape index (κ1) is 10.5. The number of carbonyl (C=O) groups excluding carboxylic acids is 1. The van der Waals surface area contributed by atoms with E-state index in [2.05, 4.69) is 10.8 Å². The average molecular weight is 215 g/mol. The van der Waals surface area contributed by atoms with Crippen molar-refractivity contribution in [1.82, 2.24) is 0 Å². The van der Waals surface area contributed by atoms with Crippen LogP contribution in [0, 0.1) is 6.07 Å². The van der Waals surface area contributed by atoms with E-state index in [9.17, 15) is 4.79 Å². The Hall–Kier alpha value is -2.03. The van der Waals surface area contributed by atoms with E-state index >= 15 is 0 Å². The van der Waals surface area contributed by atoms with Gasteiger partial charge in [0.25, 0.3) is 0 Å². The zero-order valence-electron chi connectivity index (χ0n) is 8.90. The van der Waals surface area contributed by atoms with E-state index in [1.165, 1.54) is 7.11 Å². The summed E-state index contributed by atoms with van der Waals surface area (Å²) in [6, 6.07) is 14.5. The van der Waals surface area contributed by atoms with Crippen LogP contribution in [0.4, 0.5) is 0 Å². The van der Waals surface area contributed by atoms with Gasteiger partial charge in [-0.3, -0.25) is 0 Å². The predicted octanol–water partition coefficient (Wildman–Crippen LogP) is 2.19. The van der Waals surface area contributed by atoms with Crippen molar-refractivity contribution in [3.05, 3.63) is 42.5 Å². The van der Waals surface area contributed by atoms with Gasteiger partial charge in [-0.15, -0.1) is 0 Å². The zero-order chi connectivity index (χ0) is 11.4. The van der Waals surface area contributed by atoms with Crippen molar-refractivity contribution in [3.8, 4) is 5.75 Å². The third-order valence-electron chi connectivity index (χ3n) is 2.23. The van der Waals surface area contributed by atoms with Gasteiger partial charge in [0.05, 0.1) is 7.11 Å². The van der Waals surface area contributed by atoms with Crippen molar-refractivity contribution in [1.29, 1.82) is 0 Å². The second kappa shape index (κ2) is 4.66. The monoisotopic (exact) mass is 215 g/mol. The fourth-order valence-corrected chi connectivity index (χ4v) is 1.38. The number of fused-ring (bicyclic) bond motifs is 1. The van der Waals surface area contributed by atoms with E-state index in [-0.39, 0.29) is 6.61 Å². The van der Waals surface area contributed by atoms with Crippen LogP contribution < -0.4 is 4.74 Å². The molecule has 2 rings (SSSR count). The smallest absolute Gasteiger partial charge is 0.343 e. The summed E-state index contributed by atoms with van der Waals surface area (Å²) in [5.41, 5.74) is 0. The van der Waals surface area contributed by atoms with Crippen molar-refractivity contribution in [2.45, 2.75) is 0 Å². The van der Waals surface area contributed by atoms with Crippen molar-refractivity contribution in [3.63, 3.8) is 0 Å². The summed E-state index contributed by atoms with van der Waals surface area (Å²) >= 11 is 0. The number of hydrogen-bond acceptors (Lipinski definition) is 3. The third-order valence-corrected chi connectivity index (χ3v) is 2.23. The molecular formula is C13H11O3. The van der Waals surface area contributed by atoms with Gasteiger partial charge in [0, 0.05) is 6.07 Å². The first-order valence-electron chi connectivity index (χ1n) is 4.89. The maximum Gasteiger partial charge on any atom is 0.343 e. The van der Waals surface area contributed by atoms with Gasteiger partial charge < -0.3 is 9.47 Å². The van der Waals surface area contributed by atoms with Crippen molar-refractivity contribution < 1.29 is 14.3 Å². The van der Waals surface area contributed by atoms with Gasteiger partial charge in [-0.2, -0.15) is 0 Å². The van der Waals surface area contributed by atoms with Gasteiger partial charge in [0.1, 0.15) is 5.75 Å². The molecule has 0 heterocycles. The molecule has 16 heavy (non-hydrogen) atoms. The van der Waals surface area contributed by atoms with E-state index in [0.29, 0.717) is 5.75 Å². The Morgan fingerprint density at radius 1 is 1.31 bits per heavy atom. The highest BCUT2D eigenvalue weighted by Gasteiger charge is 2.02. The van der Waals surface area contributed by atoms with Crippen LogP contribution in [0.25, 0.3) is 10.8 Å². The SMILES string of the molecule is COC(=O)COc1[c]cc2ccccc2c1. The molecular weight excluding hydrogens is 204 g/mol. The first-order chi connectivity index (χ1) is 7.79. The molecule has 0 aromatic heterocycles. The molecule has 0 N–H and O–H groups in total. The Morgan fingerprint density at radius 3 is 2.81 bits per heavy atom. The lowest BCUT2D eigenvalue weighted by Gasteiger charge is -2.05. The van der Waals surface area contributed by atoms with Crippen LogP contribution in [0.1, 0.15) is 0 Å². The Balaban J connectivity index is 2.16. The molecule has 3 nitrogen and oxygen atoms in total. The molecule has 0 unspecified atom stereocenters. The summed E-state index contributed by atoms with van der Waals surface area (Å²) in [6.45, 7) is -0.0919. The second-order valence-corrected chi connectivity index (χ2v) is 3.29. The van der Waals surface area contributed by atoms with Crippen LogP contribution in [-0.2, 0) is 9.53 Å². The molecule has 0 spiro atoms. The van der Waals surface area contributed by atoms with Gasteiger partial charge in [-0.25, -0.2) is 4.79 Å². The molecule has 0 atom stereocenters. The van der Waals surface area contributed by atoms with Crippen LogP contribution in [0.2, 0.25) is 0 Å². The van der Waals surface area contributed by atoms with Crippen LogP contribution in [-0.4, -0.2) is 19.7 Å². The summed E-state index contributed by atoms with van der Waals surface area (Å²) in [4.78, 5) is 10.9. The Kier molecular flexibility index (Phi) is 3.05. The molecule has 0 saturated carbocycles. The fourth-order valence-electron chi connectivity index (χ4n) is 1.38. The molecule has 0 saturated heterocycles. The minimum absolute atomic E-state index is 0.0919. The van der Waals surface area contributed by atoms with E-state index in [1.54, 1.807) is 0 Å².